The van der Waals surface area contributed by atoms with E-state index in [-0.39, 0.29) is 6.61 Å². The summed E-state index contributed by atoms with van der Waals surface area (Å²) in [6, 6.07) is 7.85. The van der Waals surface area contributed by atoms with Gasteiger partial charge in [-0.1, -0.05) is 24.3 Å². The normalized spacial score (nSPS) is 25.6. The minimum absolute atomic E-state index is 0.0759. The fourth-order valence-corrected chi connectivity index (χ4v) is 2.04. The van der Waals surface area contributed by atoms with Crippen molar-refractivity contribution in [3.63, 3.8) is 0 Å². The zero-order valence-corrected chi connectivity index (χ0v) is 7.36. The Hall–Kier alpha value is -1.15. The summed E-state index contributed by atoms with van der Waals surface area (Å²) in [5.74, 6) is 0. The van der Waals surface area contributed by atoms with Crippen LogP contribution in [-0.2, 0) is 16.6 Å². The molecule has 0 saturated heterocycles. The lowest BCUT2D eigenvalue weighted by Gasteiger charge is -2.19. The first kappa shape index (κ1) is 8.45. The Labute approximate surface area is 77.2 Å². The third-order valence-electron chi connectivity index (χ3n) is 2.90. The van der Waals surface area contributed by atoms with Crippen LogP contribution >= 0.6 is 0 Å². The van der Waals surface area contributed by atoms with Crippen LogP contribution in [0, 0.1) is 0 Å². The number of aldehydes is 1. The van der Waals surface area contributed by atoms with Crippen LogP contribution in [0.4, 0.5) is 0 Å². The maximum Gasteiger partial charge on any atom is 0.132 e. The van der Waals surface area contributed by atoms with E-state index in [2.05, 4.69) is 0 Å². The van der Waals surface area contributed by atoms with Gasteiger partial charge in [-0.2, -0.15) is 0 Å². The first-order valence-corrected chi connectivity index (χ1v) is 4.48. The van der Waals surface area contributed by atoms with E-state index in [1.807, 2.05) is 24.3 Å². The number of aliphatic hydroxyl groups is 1. The minimum atomic E-state index is -0.614. The third-order valence-corrected chi connectivity index (χ3v) is 2.90. The molecule has 1 aromatic rings. The average Bonchev–Trinajstić information content (AvgIpc) is 2.58. The maximum atomic E-state index is 11.0. The molecule has 0 radical (unpaired) electrons. The number of hydrogen-bond acceptors (Lipinski definition) is 2. The maximum absolute atomic E-state index is 11.0. The Morgan fingerprint density at radius 3 is 2.92 bits per heavy atom. The first-order chi connectivity index (χ1) is 6.32. The van der Waals surface area contributed by atoms with Gasteiger partial charge in [-0.25, -0.2) is 0 Å². The highest BCUT2D eigenvalue weighted by Gasteiger charge is 2.37. The zero-order valence-electron chi connectivity index (χ0n) is 7.36. The van der Waals surface area contributed by atoms with Crippen LogP contribution in [0.5, 0.6) is 0 Å². The summed E-state index contributed by atoms with van der Waals surface area (Å²) in [7, 11) is 0. The lowest BCUT2D eigenvalue weighted by Crippen LogP contribution is -2.29. The molecule has 0 bridgehead atoms. The minimum Gasteiger partial charge on any atom is -0.395 e. The zero-order chi connectivity index (χ0) is 9.31. The van der Waals surface area contributed by atoms with Crippen molar-refractivity contribution in [2.75, 3.05) is 6.61 Å². The quantitative estimate of drug-likeness (QED) is 0.684. The molecule has 1 aliphatic rings. The van der Waals surface area contributed by atoms with E-state index in [4.69, 9.17) is 0 Å². The number of aryl methyl sites for hydroxylation is 1. The summed E-state index contributed by atoms with van der Waals surface area (Å²) in [5.41, 5.74) is 1.59. The predicted molar refractivity (Wildman–Crippen MR) is 49.6 cm³/mol. The molecule has 0 saturated carbocycles. The van der Waals surface area contributed by atoms with Crippen LogP contribution < -0.4 is 0 Å². The van der Waals surface area contributed by atoms with Gasteiger partial charge in [-0.05, 0) is 24.0 Å². The largest absolute Gasteiger partial charge is 0.395 e. The van der Waals surface area contributed by atoms with Crippen LogP contribution in [0.15, 0.2) is 24.3 Å². The van der Waals surface area contributed by atoms with Crippen LogP contribution in [0.1, 0.15) is 17.5 Å². The number of carbonyl (C=O) groups is 1. The van der Waals surface area contributed by atoms with Gasteiger partial charge in [0.25, 0.3) is 0 Å². The van der Waals surface area contributed by atoms with E-state index in [9.17, 15) is 9.90 Å². The van der Waals surface area contributed by atoms with Crippen molar-refractivity contribution >= 4 is 6.29 Å². The number of carbonyl (C=O) groups excluding carboxylic acids is 1. The highest BCUT2D eigenvalue weighted by Crippen LogP contribution is 2.36. The van der Waals surface area contributed by atoms with E-state index in [1.165, 1.54) is 5.56 Å². The highest BCUT2D eigenvalue weighted by atomic mass is 16.3. The van der Waals surface area contributed by atoms with E-state index in [1.54, 1.807) is 0 Å². The first-order valence-electron chi connectivity index (χ1n) is 4.48. The molecule has 0 aliphatic heterocycles. The SMILES string of the molecule is O=CC1(CO)CCc2ccccc21. The fraction of sp³-hybridized carbons (Fsp3) is 0.364. The number of hydrogen-bond donors (Lipinski definition) is 1. The second-order valence-electron chi connectivity index (χ2n) is 3.59. The molecule has 0 heterocycles. The molecule has 2 heteroatoms. The van der Waals surface area contributed by atoms with E-state index in [0.717, 1.165) is 24.7 Å². The van der Waals surface area contributed by atoms with Crippen molar-refractivity contribution in [1.29, 1.82) is 0 Å². The van der Waals surface area contributed by atoms with Crippen LogP contribution in [0.2, 0.25) is 0 Å². The van der Waals surface area contributed by atoms with Crippen LogP contribution in [-0.4, -0.2) is 18.0 Å². The number of aliphatic hydroxyl groups excluding tert-OH is 1. The van der Waals surface area contributed by atoms with Crippen molar-refractivity contribution in [3.05, 3.63) is 35.4 Å². The topological polar surface area (TPSA) is 37.3 Å². The van der Waals surface area contributed by atoms with Gasteiger partial charge in [0, 0.05) is 0 Å². The van der Waals surface area contributed by atoms with Crippen molar-refractivity contribution in [1.82, 2.24) is 0 Å². The third kappa shape index (κ3) is 1.10. The van der Waals surface area contributed by atoms with Crippen LogP contribution in [0.3, 0.4) is 0 Å². The molecule has 0 spiro atoms. The van der Waals surface area contributed by atoms with Gasteiger partial charge in [-0.15, -0.1) is 0 Å². The molecule has 2 rings (SSSR count). The Balaban J connectivity index is 2.53. The molecule has 0 aromatic heterocycles. The van der Waals surface area contributed by atoms with Crippen LogP contribution in [0.25, 0.3) is 0 Å². The monoisotopic (exact) mass is 176 g/mol. The Kier molecular flexibility index (Phi) is 1.93. The molecule has 1 aromatic carbocycles. The summed E-state index contributed by atoms with van der Waals surface area (Å²) >= 11 is 0. The van der Waals surface area contributed by atoms with E-state index in [0.29, 0.717) is 0 Å². The standard InChI is InChI=1S/C11H12O2/c12-7-11(8-13)6-5-9-3-1-2-4-10(9)11/h1-4,7,13H,5-6,8H2. The lowest BCUT2D eigenvalue weighted by atomic mass is 9.84. The second-order valence-corrected chi connectivity index (χ2v) is 3.59. The van der Waals surface area contributed by atoms with Crippen molar-refractivity contribution in [2.24, 2.45) is 0 Å². The molecule has 13 heavy (non-hydrogen) atoms. The molecule has 2 nitrogen and oxygen atoms in total. The summed E-state index contributed by atoms with van der Waals surface area (Å²) in [4.78, 5) is 11.0. The van der Waals surface area contributed by atoms with E-state index >= 15 is 0 Å². The molecular formula is C11H12O2. The summed E-state index contributed by atoms with van der Waals surface area (Å²) in [6.07, 6.45) is 2.53. The molecule has 1 aliphatic carbocycles. The van der Waals surface area contributed by atoms with Crippen molar-refractivity contribution in [2.45, 2.75) is 18.3 Å². The molecule has 68 valence electrons. The Morgan fingerprint density at radius 1 is 1.46 bits per heavy atom. The Bertz CT molecular complexity index is 333. The average molecular weight is 176 g/mol. The van der Waals surface area contributed by atoms with E-state index < -0.39 is 5.41 Å². The van der Waals surface area contributed by atoms with Gasteiger partial charge >= 0.3 is 0 Å². The van der Waals surface area contributed by atoms with Crippen molar-refractivity contribution < 1.29 is 9.90 Å². The smallest absolute Gasteiger partial charge is 0.132 e. The molecule has 1 unspecified atom stereocenters. The summed E-state index contributed by atoms with van der Waals surface area (Å²) < 4.78 is 0. The summed E-state index contributed by atoms with van der Waals surface area (Å²) in [6.45, 7) is -0.0759. The van der Waals surface area contributed by atoms with Gasteiger partial charge in [0.15, 0.2) is 0 Å². The molecule has 0 amide bonds. The van der Waals surface area contributed by atoms with Crippen molar-refractivity contribution in [3.8, 4) is 0 Å². The molecule has 1 N–H and O–H groups in total. The number of benzene rings is 1. The molecule has 1 atom stereocenters. The van der Waals surface area contributed by atoms with Gasteiger partial charge in [0.05, 0.1) is 12.0 Å². The lowest BCUT2D eigenvalue weighted by molar-refractivity contribution is -0.113. The molecular weight excluding hydrogens is 164 g/mol. The number of rotatable bonds is 2. The molecule has 0 fully saturated rings. The van der Waals surface area contributed by atoms with Gasteiger partial charge in [0.1, 0.15) is 6.29 Å². The number of fused-ring (bicyclic) bond motifs is 1. The fourth-order valence-electron chi connectivity index (χ4n) is 2.04. The summed E-state index contributed by atoms with van der Waals surface area (Å²) in [5, 5.41) is 9.23. The van der Waals surface area contributed by atoms with Gasteiger partial charge in [0.2, 0.25) is 0 Å². The van der Waals surface area contributed by atoms with Gasteiger partial charge in [-0.3, -0.25) is 0 Å². The highest BCUT2D eigenvalue weighted by molar-refractivity contribution is 5.71. The second kappa shape index (κ2) is 2.96. The van der Waals surface area contributed by atoms with Gasteiger partial charge < -0.3 is 9.90 Å². The predicted octanol–water partition coefficient (Wildman–Crippen LogP) is 1.06. The Morgan fingerprint density at radius 2 is 2.23 bits per heavy atom.